The molecule has 4 rings (SSSR count). The van der Waals surface area contributed by atoms with Crippen LogP contribution in [0.5, 0.6) is 0 Å². The highest BCUT2D eigenvalue weighted by atomic mass is 16.5. The fourth-order valence-corrected chi connectivity index (χ4v) is 3.64. The van der Waals surface area contributed by atoms with E-state index in [4.69, 9.17) is 9.47 Å². The van der Waals surface area contributed by atoms with Gasteiger partial charge in [-0.25, -0.2) is 4.79 Å². The van der Waals surface area contributed by atoms with E-state index in [9.17, 15) is 4.79 Å². The number of ether oxygens (including phenoxy) is 2. The Balaban J connectivity index is 1.18. The summed E-state index contributed by atoms with van der Waals surface area (Å²) in [5.74, 6) is 0.753. The molecule has 160 valence electrons. The molecule has 6 heteroatoms. The van der Waals surface area contributed by atoms with Crippen LogP contribution in [0.3, 0.4) is 0 Å². The highest BCUT2D eigenvalue weighted by Crippen LogP contribution is 2.29. The van der Waals surface area contributed by atoms with Gasteiger partial charge in [0, 0.05) is 38.5 Å². The molecule has 0 bridgehead atoms. The Morgan fingerprint density at radius 3 is 2.77 bits per heavy atom. The van der Waals surface area contributed by atoms with Crippen molar-refractivity contribution in [2.45, 2.75) is 32.1 Å². The van der Waals surface area contributed by atoms with Crippen LogP contribution < -0.4 is 10.6 Å². The fourth-order valence-electron chi connectivity index (χ4n) is 3.64. The van der Waals surface area contributed by atoms with Crippen LogP contribution in [0.15, 0.2) is 54.6 Å². The fraction of sp³-hybridized carbons (Fsp3) is 0.458. The Morgan fingerprint density at radius 1 is 1.10 bits per heavy atom. The zero-order valence-corrected chi connectivity index (χ0v) is 17.4. The molecular weight excluding hydrogens is 378 g/mol. The molecule has 30 heavy (non-hydrogen) atoms. The lowest BCUT2D eigenvalue weighted by atomic mass is 10.2. The van der Waals surface area contributed by atoms with Crippen molar-refractivity contribution in [1.82, 2.24) is 10.2 Å². The van der Waals surface area contributed by atoms with Gasteiger partial charge in [-0.1, -0.05) is 42.5 Å². The van der Waals surface area contributed by atoms with Crippen LogP contribution in [0.1, 0.15) is 24.0 Å². The SMILES string of the molecule is O=C(NCC1CN(Cc2ccccc2)CCO1)Nc1cccc(COCC2CC2)c1. The average Bonchev–Trinajstić information content (AvgIpc) is 3.58. The normalized spacial score (nSPS) is 19.4. The summed E-state index contributed by atoms with van der Waals surface area (Å²) in [5, 5.41) is 5.85. The van der Waals surface area contributed by atoms with Gasteiger partial charge in [0.25, 0.3) is 0 Å². The van der Waals surface area contributed by atoms with Gasteiger partial charge in [0.15, 0.2) is 0 Å². The third-order valence-electron chi connectivity index (χ3n) is 5.47. The molecule has 2 aromatic carbocycles. The van der Waals surface area contributed by atoms with Crippen molar-refractivity contribution >= 4 is 11.7 Å². The molecule has 0 radical (unpaired) electrons. The summed E-state index contributed by atoms with van der Waals surface area (Å²) in [6.45, 7) is 5.21. The standard InChI is InChI=1S/C24H31N3O3/c28-24(26-22-8-4-7-21(13-22)18-29-17-20-9-10-20)25-14-23-16-27(11-12-30-23)15-19-5-2-1-3-6-19/h1-8,13,20,23H,9-12,14-18H2,(H2,25,26,28). The molecule has 2 fully saturated rings. The largest absolute Gasteiger partial charge is 0.376 e. The first-order valence-corrected chi connectivity index (χ1v) is 10.8. The highest BCUT2D eigenvalue weighted by molar-refractivity contribution is 5.89. The molecule has 0 aromatic heterocycles. The molecule has 1 saturated heterocycles. The summed E-state index contributed by atoms with van der Waals surface area (Å²) in [6, 6.07) is 18.0. The number of nitrogens with zero attached hydrogens (tertiary/aromatic N) is 1. The monoisotopic (exact) mass is 409 g/mol. The van der Waals surface area contributed by atoms with Gasteiger partial charge in [-0.15, -0.1) is 0 Å². The lowest BCUT2D eigenvalue weighted by Gasteiger charge is -2.33. The van der Waals surface area contributed by atoms with Crippen LogP contribution in [-0.4, -0.2) is 49.9 Å². The van der Waals surface area contributed by atoms with Gasteiger partial charge in [-0.3, -0.25) is 4.90 Å². The Bertz CT molecular complexity index is 810. The van der Waals surface area contributed by atoms with Crippen LogP contribution in [0.2, 0.25) is 0 Å². The molecule has 2 amide bonds. The lowest BCUT2D eigenvalue weighted by Crippen LogP contribution is -2.47. The number of hydrogen-bond acceptors (Lipinski definition) is 4. The van der Waals surface area contributed by atoms with Crippen LogP contribution in [0.4, 0.5) is 10.5 Å². The highest BCUT2D eigenvalue weighted by Gasteiger charge is 2.22. The van der Waals surface area contributed by atoms with E-state index in [0.29, 0.717) is 19.8 Å². The Hall–Kier alpha value is -2.41. The molecule has 2 aliphatic rings. The van der Waals surface area contributed by atoms with Gasteiger partial charge in [-0.2, -0.15) is 0 Å². The van der Waals surface area contributed by atoms with Crippen LogP contribution in [0.25, 0.3) is 0 Å². The Kier molecular flexibility index (Phi) is 7.34. The number of amides is 2. The van der Waals surface area contributed by atoms with Crippen molar-refractivity contribution in [1.29, 1.82) is 0 Å². The van der Waals surface area contributed by atoms with E-state index in [1.54, 1.807) is 0 Å². The molecule has 0 spiro atoms. The second-order valence-corrected chi connectivity index (χ2v) is 8.21. The summed E-state index contributed by atoms with van der Waals surface area (Å²) >= 11 is 0. The summed E-state index contributed by atoms with van der Waals surface area (Å²) in [7, 11) is 0. The van der Waals surface area contributed by atoms with E-state index >= 15 is 0 Å². The summed E-state index contributed by atoms with van der Waals surface area (Å²) < 4.78 is 11.6. The molecule has 2 aromatic rings. The molecule has 6 nitrogen and oxygen atoms in total. The molecule has 1 aliphatic heterocycles. The number of urea groups is 1. The maximum absolute atomic E-state index is 12.3. The number of nitrogens with one attached hydrogen (secondary N) is 2. The van der Waals surface area contributed by atoms with E-state index in [1.807, 2.05) is 30.3 Å². The molecule has 1 heterocycles. The predicted molar refractivity (Wildman–Crippen MR) is 117 cm³/mol. The molecule has 1 saturated carbocycles. The average molecular weight is 410 g/mol. The summed E-state index contributed by atoms with van der Waals surface area (Å²) in [4.78, 5) is 14.7. The minimum Gasteiger partial charge on any atom is -0.376 e. The minimum atomic E-state index is -0.213. The van der Waals surface area contributed by atoms with Crippen LogP contribution >= 0.6 is 0 Å². The predicted octanol–water partition coefficient (Wildman–Crippen LogP) is 3.64. The van der Waals surface area contributed by atoms with E-state index in [2.05, 4.69) is 39.8 Å². The second-order valence-electron chi connectivity index (χ2n) is 8.21. The molecule has 1 unspecified atom stereocenters. The number of carbonyl (C=O) groups excluding carboxylic acids is 1. The maximum atomic E-state index is 12.3. The first-order chi connectivity index (χ1) is 14.7. The van der Waals surface area contributed by atoms with Gasteiger partial charge in [0.2, 0.25) is 0 Å². The molecular formula is C24H31N3O3. The number of carbonyl (C=O) groups is 1. The third kappa shape index (κ3) is 6.83. The van der Waals surface area contributed by atoms with Crippen LogP contribution in [0, 0.1) is 5.92 Å². The number of hydrogen-bond donors (Lipinski definition) is 2. The van der Waals surface area contributed by atoms with Crippen molar-refractivity contribution in [3.05, 3.63) is 65.7 Å². The molecule has 1 atom stereocenters. The van der Waals surface area contributed by atoms with Crippen molar-refractivity contribution in [3.63, 3.8) is 0 Å². The number of anilines is 1. The van der Waals surface area contributed by atoms with E-state index in [-0.39, 0.29) is 12.1 Å². The van der Waals surface area contributed by atoms with Crippen molar-refractivity contribution < 1.29 is 14.3 Å². The van der Waals surface area contributed by atoms with E-state index in [1.165, 1.54) is 18.4 Å². The number of morpholine rings is 1. The third-order valence-corrected chi connectivity index (χ3v) is 5.47. The smallest absolute Gasteiger partial charge is 0.319 e. The van der Waals surface area contributed by atoms with Crippen molar-refractivity contribution in [3.8, 4) is 0 Å². The quantitative estimate of drug-likeness (QED) is 0.664. The first kappa shape index (κ1) is 20.8. The Labute approximate surface area is 178 Å². The lowest BCUT2D eigenvalue weighted by molar-refractivity contribution is -0.0285. The van der Waals surface area contributed by atoms with Gasteiger partial charge in [0.05, 0.1) is 19.3 Å². The zero-order chi connectivity index (χ0) is 20.6. The van der Waals surface area contributed by atoms with Crippen molar-refractivity contribution in [2.75, 3.05) is 38.2 Å². The molecule has 1 aliphatic carbocycles. The Morgan fingerprint density at radius 2 is 1.93 bits per heavy atom. The number of rotatable bonds is 9. The molecule has 2 N–H and O–H groups in total. The van der Waals surface area contributed by atoms with Gasteiger partial charge in [0.1, 0.15) is 0 Å². The van der Waals surface area contributed by atoms with E-state index < -0.39 is 0 Å². The van der Waals surface area contributed by atoms with Gasteiger partial charge >= 0.3 is 6.03 Å². The summed E-state index contributed by atoms with van der Waals surface area (Å²) in [5.41, 5.74) is 3.14. The zero-order valence-electron chi connectivity index (χ0n) is 17.4. The second kappa shape index (κ2) is 10.6. The minimum absolute atomic E-state index is 0.00429. The first-order valence-electron chi connectivity index (χ1n) is 10.8. The number of benzene rings is 2. The summed E-state index contributed by atoms with van der Waals surface area (Å²) in [6.07, 6.45) is 2.57. The topological polar surface area (TPSA) is 62.8 Å². The maximum Gasteiger partial charge on any atom is 0.319 e. The van der Waals surface area contributed by atoms with Crippen LogP contribution in [-0.2, 0) is 22.6 Å². The van der Waals surface area contributed by atoms with Gasteiger partial charge < -0.3 is 20.1 Å². The van der Waals surface area contributed by atoms with Gasteiger partial charge in [-0.05, 0) is 42.0 Å². The van der Waals surface area contributed by atoms with E-state index in [0.717, 1.165) is 43.4 Å². The van der Waals surface area contributed by atoms with Crippen molar-refractivity contribution in [2.24, 2.45) is 5.92 Å².